The highest BCUT2D eigenvalue weighted by molar-refractivity contribution is 5.96. The number of benzene rings is 1. The summed E-state index contributed by atoms with van der Waals surface area (Å²) < 4.78 is 0. The number of carbonyl (C=O) groups excluding carboxylic acids is 2. The number of likely N-dealkylation sites (tertiary alicyclic amines) is 1. The molecule has 1 aromatic carbocycles. The number of aliphatic hydroxyl groups is 1. The van der Waals surface area contributed by atoms with Gasteiger partial charge >= 0.3 is 12.0 Å². The van der Waals surface area contributed by atoms with Crippen molar-refractivity contribution in [2.45, 2.75) is 51.7 Å². The van der Waals surface area contributed by atoms with Gasteiger partial charge in [-0.25, -0.2) is 9.59 Å². The van der Waals surface area contributed by atoms with Crippen LogP contribution in [0.5, 0.6) is 0 Å². The number of hydrogen-bond donors (Lipinski definition) is 4. The molecule has 8 heteroatoms. The van der Waals surface area contributed by atoms with Crippen LogP contribution in [0.15, 0.2) is 18.2 Å². The standard InChI is InChI=1S/C19H27N3O5/c1-12-10-14(16(23)22-9-5-4-6-13(22)2)7-8-15(12)21-18(26)20-11-19(3,27)17(24)25/h7-8,10,13,27H,4-6,9,11H2,1-3H3,(H,24,25)(H2,20,21,26). The molecule has 3 amide bonds. The van der Waals surface area contributed by atoms with Crippen LogP contribution in [-0.2, 0) is 4.79 Å². The third-order valence-electron chi connectivity index (χ3n) is 4.84. The smallest absolute Gasteiger partial charge is 0.337 e. The summed E-state index contributed by atoms with van der Waals surface area (Å²) in [6, 6.07) is 4.62. The van der Waals surface area contributed by atoms with Crippen LogP contribution in [0, 0.1) is 6.92 Å². The van der Waals surface area contributed by atoms with Crippen molar-refractivity contribution in [1.82, 2.24) is 10.2 Å². The Morgan fingerprint density at radius 2 is 2.00 bits per heavy atom. The summed E-state index contributed by atoms with van der Waals surface area (Å²) in [7, 11) is 0. The van der Waals surface area contributed by atoms with Crippen LogP contribution in [0.3, 0.4) is 0 Å². The first-order chi connectivity index (χ1) is 12.6. The Morgan fingerprint density at radius 3 is 2.59 bits per heavy atom. The molecule has 0 saturated carbocycles. The SMILES string of the molecule is Cc1cc(C(=O)N2CCCCC2C)ccc1NC(=O)NCC(C)(O)C(=O)O. The molecule has 1 aromatic rings. The van der Waals surface area contributed by atoms with E-state index in [4.69, 9.17) is 5.11 Å². The Hall–Kier alpha value is -2.61. The van der Waals surface area contributed by atoms with Crippen molar-refractivity contribution in [2.24, 2.45) is 0 Å². The second-order valence-electron chi connectivity index (χ2n) is 7.26. The van der Waals surface area contributed by atoms with Gasteiger partial charge in [-0.3, -0.25) is 4.79 Å². The quantitative estimate of drug-likeness (QED) is 0.625. The summed E-state index contributed by atoms with van der Waals surface area (Å²) >= 11 is 0. The Balaban J connectivity index is 2.01. The minimum absolute atomic E-state index is 0.0150. The number of anilines is 1. The van der Waals surface area contributed by atoms with Crippen molar-refractivity contribution in [3.8, 4) is 0 Å². The van der Waals surface area contributed by atoms with Gasteiger partial charge in [0.2, 0.25) is 0 Å². The highest BCUT2D eigenvalue weighted by Gasteiger charge is 2.30. The number of nitrogens with one attached hydrogen (secondary N) is 2. The first-order valence-electron chi connectivity index (χ1n) is 9.04. The molecule has 2 atom stereocenters. The number of piperidine rings is 1. The van der Waals surface area contributed by atoms with Crippen LogP contribution < -0.4 is 10.6 Å². The van der Waals surface area contributed by atoms with Gasteiger partial charge < -0.3 is 25.7 Å². The van der Waals surface area contributed by atoms with E-state index in [1.165, 1.54) is 0 Å². The number of carbonyl (C=O) groups is 3. The Bertz CT molecular complexity index is 732. The van der Waals surface area contributed by atoms with Crippen molar-refractivity contribution in [2.75, 3.05) is 18.4 Å². The predicted molar refractivity (Wildman–Crippen MR) is 101 cm³/mol. The maximum Gasteiger partial charge on any atom is 0.337 e. The number of urea groups is 1. The number of nitrogens with zero attached hydrogens (tertiary/aromatic N) is 1. The zero-order chi connectivity index (χ0) is 20.2. The highest BCUT2D eigenvalue weighted by atomic mass is 16.4. The maximum absolute atomic E-state index is 12.7. The molecule has 0 bridgehead atoms. The molecular weight excluding hydrogens is 350 g/mol. The molecule has 27 heavy (non-hydrogen) atoms. The van der Waals surface area contributed by atoms with Gasteiger partial charge in [-0.2, -0.15) is 0 Å². The lowest BCUT2D eigenvalue weighted by Gasteiger charge is -2.33. The fourth-order valence-corrected chi connectivity index (χ4v) is 3.00. The monoisotopic (exact) mass is 377 g/mol. The molecule has 0 aromatic heterocycles. The van der Waals surface area contributed by atoms with E-state index in [-0.39, 0.29) is 11.9 Å². The summed E-state index contributed by atoms with van der Waals surface area (Å²) in [6.45, 7) is 5.25. The van der Waals surface area contributed by atoms with E-state index in [0.717, 1.165) is 32.7 Å². The van der Waals surface area contributed by atoms with Gasteiger partial charge in [0.25, 0.3) is 5.91 Å². The topological polar surface area (TPSA) is 119 Å². The number of carboxylic acid groups (broad SMARTS) is 1. The number of rotatable bonds is 5. The highest BCUT2D eigenvalue weighted by Crippen LogP contribution is 2.22. The second kappa shape index (κ2) is 8.39. The minimum atomic E-state index is -2.05. The summed E-state index contributed by atoms with van der Waals surface area (Å²) in [6.07, 6.45) is 3.15. The number of amides is 3. The first-order valence-corrected chi connectivity index (χ1v) is 9.04. The molecule has 0 radical (unpaired) electrons. The molecule has 0 aliphatic carbocycles. The first kappa shape index (κ1) is 20.7. The fourth-order valence-electron chi connectivity index (χ4n) is 3.00. The molecule has 1 heterocycles. The van der Waals surface area contributed by atoms with Crippen LogP contribution in [0.2, 0.25) is 0 Å². The summed E-state index contributed by atoms with van der Waals surface area (Å²) in [5.41, 5.74) is -0.259. The lowest BCUT2D eigenvalue weighted by Crippen LogP contribution is -2.47. The third-order valence-corrected chi connectivity index (χ3v) is 4.84. The Morgan fingerprint density at radius 1 is 1.30 bits per heavy atom. The molecule has 1 fully saturated rings. The van der Waals surface area contributed by atoms with E-state index in [1.54, 1.807) is 25.1 Å². The minimum Gasteiger partial charge on any atom is -0.479 e. The zero-order valence-electron chi connectivity index (χ0n) is 15.9. The second-order valence-corrected chi connectivity index (χ2v) is 7.26. The molecule has 4 N–H and O–H groups in total. The average Bonchev–Trinajstić information content (AvgIpc) is 2.61. The van der Waals surface area contributed by atoms with Crippen molar-refractivity contribution in [3.63, 3.8) is 0 Å². The van der Waals surface area contributed by atoms with E-state index in [9.17, 15) is 19.5 Å². The van der Waals surface area contributed by atoms with E-state index >= 15 is 0 Å². The molecule has 148 valence electrons. The molecule has 1 aliphatic heterocycles. The molecule has 8 nitrogen and oxygen atoms in total. The number of hydrogen-bond acceptors (Lipinski definition) is 4. The number of carboxylic acids is 1. The van der Waals surface area contributed by atoms with Crippen molar-refractivity contribution in [1.29, 1.82) is 0 Å². The maximum atomic E-state index is 12.7. The van der Waals surface area contributed by atoms with E-state index in [2.05, 4.69) is 17.6 Å². The molecular formula is C19H27N3O5. The van der Waals surface area contributed by atoms with E-state index in [1.807, 2.05) is 4.90 Å². The molecule has 2 unspecified atom stereocenters. The van der Waals surface area contributed by atoms with Gasteiger partial charge in [0, 0.05) is 23.8 Å². The lowest BCUT2D eigenvalue weighted by molar-refractivity contribution is -0.155. The van der Waals surface area contributed by atoms with Gasteiger partial charge in [-0.15, -0.1) is 0 Å². The number of aliphatic carboxylic acids is 1. The van der Waals surface area contributed by atoms with Gasteiger partial charge in [0.05, 0.1) is 6.54 Å². The normalized spacial score (nSPS) is 19.1. The molecule has 0 spiro atoms. The van der Waals surface area contributed by atoms with Crippen LogP contribution in [0.1, 0.15) is 49.0 Å². The molecule has 2 rings (SSSR count). The zero-order valence-corrected chi connectivity index (χ0v) is 15.9. The van der Waals surface area contributed by atoms with Crippen LogP contribution in [-0.4, -0.2) is 57.8 Å². The van der Waals surface area contributed by atoms with Crippen molar-refractivity contribution in [3.05, 3.63) is 29.3 Å². The average molecular weight is 377 g/mol. The van der Waals surface area contributed by atoms with E-state index in [0.29, 0.717) is 16.8 Å². The Kier molecular flexibility index (Phi) is 6.43. The summed E-state index contributed by atoms with van der Waals surface area (Å²) in [5.74, 6) is -1.44. The van der Waals surface area contributed by atoms with Crippen LogP contribution >= 0.6 is 0 Å². The third kappa shape index (κ3) is 5.19. The Labute approximate surface area is 158 Å². The lowest BCUT2D eigenvalue weighted by atomic mass is 10.0. The van der Waals surface area contributed by atoms with Gasteiger partial charge in [0.15, 0.2) is 5.60 Å². The number of aryl methyl sites for hydroxylation is 1. The van der Waals surface area contributed by atoms with Gasteiger partial charge in [-0.1, -0.05) is 0 Å². The van der Waals surface area contributed by atoms with Crippen LogP contribution in [0.4, 0.5) is 10.5 Å². The van der Waals surface area contributed by atoms with Crippen molar-refractivity contribution < 1.29 is 24.6 Å². The van der Waals surface area contributed by atoms with Crippen LogP contribution in [0.25, 0.3) is 0 Å². The summed E-state index contributed by atoms with van der Waals surface area (Å²) in [5, 5.41) is 23.4. The molecule has 1 saturated heterocycles. The fraction of sp³-hybridized carbons (Fsp3) is 0.526. The summed E-state index contributed by atoms with van der Waals surface area (Å²) in [4.78, 5) is 37.4. The van der Waals surface area contributed by atoms with Gasteiger partial charge in [0.1, 0.15) is 0 Å². The predicted octanol–water partition coefficient (Wildman–Crippen LogP) is 1.97. The van der Waals surface area contributed by atoms with Gasteiger partial charge in [-0.05, 0) is 63.8 Å². The van der Waals surface area contributed by atoms with Crippen molar-refractivity contribution >= 4 is 23.6 Å². The molecule has 1 aliphatic rings. The van der Waals surface area contributed by atoms with E-state index < -0.39 is 24.1 Å². The largest absolute Gasteiger partial charge is 0.479 e.